The first kappa shape index (κ1) is 20.7. The second-order valence-electron chi connectivity index (χ2n) is 6.22. The fourth-order valence-corrected chi connectivity index (χ4v) is 2.42. The molecule has 0 aromatic heterocycles. The number of carbonyl (C=O) groups excluding carboxylic acids is 1. The molecule has 134 valence electrons. The number of hydrogen-bond acceptors (Lipinski definition) is 2. The lowest BCUT2D eigenvalue weighted by Crippen LogP contribution is -2.39. The third-order valence-corrected chi connectivity index (χ3v) is 4.09. The fraction of sp³-hybridized carbons (Fsp3) is 0.556. The zero-order valence-corrected chi connectivity index (χ0v) is 17.0. The standard InChI is InChI=1S/C18H28N4O.HI/c1-22(2)18(21-14-15-8-4-3-5-9-15)20-13-7-12-19-17(23)16-10-6-11-16;/h3-5,8-9,16H,6-7,10-14H2,1-2H3,(H,19,23)(H,20,21);1H. The van der Waals surface area contributed by atoms with Crippen molar-refractivity contribution < 1.29 is 4.79 Å². The molecule has 2 N–H and O–H groups in total. The van der Waals surface area contributed by atoms with Crippen LogP contribution in [0.15, 0.2) is 35.3 Å². The Morgan fingerprint density at radius 1 is 1.17 bits per heavy atom. The average Bonchev–Trinajstić information content (AvgIpc) is 2.48. The van der Waals surface area contributed by atoms with Gasteiger partial charge in [0.05, 0.1) is 6.54 Å². The van der Waals surface area contributed by atoms with Gasteiger partial charge in [0, 0.05) is 33.1 Å². The topological polar surface area (TPSA) is 56.7 Å². The third-order valence-electron chi connectivity index (χ3n) is 4.09. The molecule has 5 nitrogen and oxygen atoms in total. The summed E-state index contributed by atoms with van der Waals surface area (Å²) in [6.07, 6.45) is 4.21. The maximum Gasteiger partial charge on any atom is 0.223 e. The molecule has 0 spiro atoms. The first-order chi connectivity index (χ1) is 11.2. The van der Waals surface area contributed by atoms with Gasteiger partial charge in [-0.15, -0.1) is 24.0 Å². The second kappa shape index (κ2) is 11.3. The number of carbonyl (C=O) groups is 1. The highest BCUT2D eigenvalue weighted by molar-refractivity contribution is 14.0. The van der Waals surface area contributed by atoms with Gasteiger partial charge < -0.3 is 15.5 Å². The van der Waals surface area contributed by atoms with Crippen LogP contribution in [0.4, 0.5) is 0 Å². The summed E-state index contributed by atoms with van der Waals surface area (Å²) in [7, 11) is 3.96. The van der Waals surface area contributed by atoms with E-state index in [2.05, 4.69) is 27.8 Å². The van der Waals surface area contributed by atoms with E-state index in [-0.39, 0.29) is 35.8 Å². The number of rotatable bonds is 7. The number of nitrogens with one attached hydrogen (secondary N) is 2. The van der Waals surface area contributed by atoms with E-state index in [0.29, 0.717) is 6.54 Å². The van der Waals surface area contributed by atoms with Crippen molar-refractivity contribution in [2.45, 2.75) is 32.2 Å². The lowest BCUT2D eigenvalue weighted by atomic mass is 9.85. The minimum Gasteiger partial charge on any atom is -0.356 e. The summed E-state index contributed by atoms with van der Waals surface area (Å²) in [5.74, 6) is 1.37. The van der Waals surface area contributed by atoms with Crippen LogP contribution in [0.25, 0.3) is 0 Å². The highest BCUT2D eigenvalue weighted by atomic mass is 127. The number of aliphatic imine (C=N–C) groups is 1. The maximum atomic E-state index is 11.7. The van der Waals surface area contributed by atoms with Gasteiger partial charge in [-0.25, -0.2) is 4.99 Å². The van der Waals surface area contributed by atoms with Crippen molar-refractivity contribution in [3.8, 4) is 0 Å². The van der Waals surface area contributed by atoms with Crippen molar-refractivity contribution in [1.29, 1.82) is 0 Å². The van der Waals surface area contributed by atoms with E-state index >= 15 is 0 Å². The van der Waals surface area contributed by atoms with Gasteiger partial charge in [-0.05, 0) is 24.8 Å². The largest absolute Gasteiger partial charge is 0.356 e. The van der Waals surface area contributed by atoms with Gasteiger partial charge in [0.25, 0.3) is 0 Å². The summed E-state index contributed by atoms with van der Waals surface area (Å²) in [5.41, 5.74) is 1.20. The van der Waals surface area contributed by atoms with Crippen molar-refractivity contribution in [2.75, 3.05) is 27.2 Å². The lowest BCUT2D eigenvalue weighted by molar-refractivity contribution is -0.127. The zero-order chi connectivity index (χ0) is 16.5. The van der Waals surface area contributed by atoms with Crippen LogP contribution in [-0.2, 0) is 11.3 Å². The molecule has 1 amide bonds. The molecule has 0 unspecified atom stereocenters. The van der Waals surface area contributed by atoms with E-state index in [1.54, 1.807) is 0 Å². The van der Waals surface area contributed by atoms with Gasteiger partial charge >= 0.3 is 0 Å². The Morgan fingerprint density at radius 2 is 1.83 bits per heavy atom. The smallest absolute Gasteiger partial charge is 0.223 e. The second-order valence-corrected chi connectivity index (χ2v) is 6.22. The van der Waals surface area contributed by atoms with Crippen LogP contribution in [0.5, 0.6) is 0 Å². The van der Waals surface area contributed by atoms with Crippen molar-refractivity contribution in [1.82, 2.24) is 15.5 Å². The number of halogens is 1. The maximum absolute atomic E-state index is 11.7. The quantitative estimate of drug-likeness (QED) is 0.294. The molecule has 1 aliphatic carbocycles. The van der Waals surface area contributed by atoms with Gasteiger partial charge in [-0.3, -0.25) is 4.79 Å². The van der Waals surface area contributed by atoms with Crippen molar-refractivity contribution >= 4 is 35.8 Å². The van der Waals surface area contributed by atoms with E-state index in [9.17, 15) is 4.79 Å². The van der Waals surface area contributed by atoms with Crippen LogP contribution in [0, 0.1) is 5.92 Å². The normalized spacial score (nSPS) is 14.3. The van der Waals surface area contributed by atoms with Crippen LogP contribution in [0.2, 0.25) is 0 Å². The summed E-state index contributed by atoms with van der Waals surface area (Å²) in [4.78, 5) is 18.3. The number of guanidine groups is 1. The molecule has 1 fully saturated rings. The molecule has 24 heavy (non-hydrogen) atoms. The first-order valence-corrected chi connectivity index (χ1v) is 8.44. The molecule has 2 rings (SSSR count). The summed E-state index contributed by atoms with van der Waals surface area (Å²) in [6.45, 7) is 2.19. The zero-order valence-electron chi connectivity index (χ0n) is 14.6. The van der Waals surface area contributed by atoms with Gasteiger partial charge in [0.2, 0.25) is 5.91 Å². The van der Waals surface area contributed by atoms with Crippen LogP contribution in [-0.4, -0.2) is 44.0 Å². The number of amides is 1. The summed E-state index contributed by atoms with van der Waals surface area (Å²) < 4.78 is 0. The Labute approximate surface area is 162 Å². The van der Waals surface area contributed by atoms with Crippen molar-refractivity contribution in [3.05, 3.63) is 35.9 Å². The van der Waals surface area contributed by atoms with Crippen LogP contribution >= 0.6 is 24.0 Å². The van der Waals surface area contributed by atoms with E-state index in [1.165, 1.54) is 12.0 Å². The molecule has 0 bridgehead atoms. The predicted octanol–water partition coefficient (Wildman–Crippen LogP) is 2.62. The van der Waals surface area contributed by atoms with E-state index in [1.807, 2.05) is 37.2 Å². The molecule has 1 saturated carbocycles. The third kappa shape index (κ3) is 7.07. The monoisotopic (exact) mass is 444 g/mol. The summed E-state index contributed by atoms with van der Waals surface area (Å²) in [6, 6.07) is 10.2. The highest BCUT2D eigenvalue weighted by Crippen LogP contribution is 2.25. The predicted molar refractivity (Wildman–Crippen MR) is 110 cm³/mol. The molecule has 0 radical (unpaired) electrons. The van der Waals surface area contributed by atoms with Gasteiger partial charge in [-0.2, -0.15) is 0 Å². The van der Waals surface area contributed by atoms with Crippen molar-refractivity contribution in [3.63, 3.8) is 0 Å². The Bertz CT molecular complexity index is 515. The molecule has 1 aromatic carbocycles. The molecular weight excluding hydrogens is 415 g/mol. The first-order valence-electron chi connectivity index (χ1n) is 8.44. The Hall–Kier alpha value is -1.31. The van der Waals surface area contributed by atoms with Crippen LogP contribution in [0.1, 0.15) is 31.2 Å². The highest BCUT2D eigenvalue weighted by Gasteiger charge is 2.24. The van der Waals surface area contributed by atoms with E-state index in [0.717, 1.165) is 38.3 Å². The average molecular weight is 444 g/mol. The Morgan fingerprint density at radius 3 is 2.42 bits per heavy atom. The van der Waals surface area contributed by atoms with E-state index in [4.69, 9.17) is 0 Å². The molecule has 0 saturated heterocycles. The SMILES string of the molecule is CN(C)C(=NCc1ccccc1)NCCCNC(=O)C1CCC1.I. The van der Waals surface area contributed by atoms with Crippen LogP contribution < -0.4 is 10.6 Å². The minimum absolute atomic E-state index is 0. The van der Waals surface area contributed by atoms with Crippen LogP contribution in [0.3, 0.4) is 0 Å². The van der Waals surface area contributed by atoms with Gasteiger partial charge in [-0.1, -0.05) is 36.8 Å². The Balaban J connectivity index is 0.00000288. The molecule has 1 aliphatic rings. The molecule has 6 heteroatoms. The molecule has 0 atom stereocenters. The van der Waals surface area contributed by atoms with Crippen molar-refractivity contribution in [2.24, 2.45) is 10.9 Å². The van der Waals surface area contributed by atoms with Gasteiger partial charge in [0.1, 0.15) is 0 Å². The summed E-state index contributed by atoms with van der Waals surface area (Å²) >= 11 is 0. The minimum atomic E-state index is 0. The summed E-state index contributed by atoms with van der Waals surface area (Å²) in [5, 5.41) is 6.36. The molecular formula is C18H29IN4O. The number of nitrogens with zero attached hydrogens (tertiary/aromatic N) is 2. The molecule has 0 aliphatic heterocycles. The fourth-order valence-electron chi connectivity index (χ4n) is 2.42. The molecule has 1 aromatic rings. The number of hydrogen-bond donors (Lipinski definition) is 2. The van der Waals surface area contributed by atoms with E-state index < -0.39 is 0 Å². The number of benzene rings is 1. The lowest BCUT2D eigenvalue weighted by Gasteiger charge is -2.24. The molecule has 0 heterocycles. The Kier molecular flexibility index (Phi) is 9.75. The van der Waals surface area contributed by atoms with Gasteiger partial charge in [0.15, 0.2) is 5.96 Å².